The number of hydrogen-bond donors (Lipinski definition) is 1. The number of carbonyl (C=O) groups is 1. The fraction of sp³-hybridized carbons (Fsp3) is 0.125. The Balaban J connectivity index is 0.00000112. The third-order valence-electron chi connectivity index (χ3n) is 1.80. The number of esters is 1. The molecule has 0 fully saturated rings. The molecular formula is C8H9ClN4O2. The van der Waals surface area contributed by atoms with Gasteiger partial charge in [-0.15, -0.1) is 12.4 Å². The van der Waals surface area contributed by atoms with Crippen molar-refractivity contribution in [3.63, 3.8) is 0 Å². The minimum absolute atomic E-state index is 0. The van der Waals surface area contributed by atoms with Crippen molar-refractivity contribution in [2.24, 2.45) is 0 Å². The Kier molecular flexibility index (Phi) is 3.11. The number of methoxy groups -OCH3 is 1. The van der Waals surface area contributed by atoms with Crippen molar-refractivity contribution < 1.29 is 9.53 Å². The first-order chi connectivity index (χ1) is 6.72. The first kappa shape index (κ1) is 11.3. The van der Waals surface area contributed by atoms with E-state index in [0.29, 0.717) is 16.9 Å². The monoisotopic (exact) mass is 228 g/mol. The molecule has 15 heavy (non-hydrogen) atoms. The number of nitrogens with zero attached hydrogens (tertiary/aromatic N) is 3. The Labute approximate surface area is 91.5 Å². The molecule has 6 nitrogen and oxygen atoms in total. The average Bonchev–Trinajstić information content (AvgIpc) is 2.59. The summed E-state index contributed by atoms with van der Waals surface area (Å²) < 4.78 is 5.97. The Morgan fingerprint density at radius 1 is 1.53 bits per heavy atom. The van der Waals surface area contributed by atoms with Gasteiger partial charge in [0.2, 0.25) is 0 Å². The maximum atomic E-state index is 11.1. The number of nitrogen functional groups attached to an aromatic ring is 1. The van der Waals surface area contributed by atoms with Crippen LogP contribution >= 0.6 is 12.4 Å². The lowest BCUT2D eigenvalue weighted by Crippen LogP contribution is -2.04. The number of carbonyl (C=O) groups excluding carboxylic acids is 1. The van der Waals surface area contributed by atoms with Crippen molar-refractivity contribution >= 4 is 29.7 Å². The molecule has 2 heterocycles. The van der Waals surface area contributed by atoms with E-state index < -0.39 is 5.97 Å². The van der Waals surface area contributed by atoms with Crippen molar-refractivity contribution in [3.05, 3.63) is 24.2 Å². The number of aromatic nitrogens is 3. The van der Waals surface area contributed by atoms with E-state index in [2.05, 4.69) is 14.8 Å². The van der Waals surface area contributed by atoms with E-state index in [0.717, 1.165) is 0 Å². The van der Waals surface area contributed by atoms with Crippen molar-refractivity contribution in [3.8, 4) is 0 Å². The lowest BCUT2D eigenvalue weighted by molar-refractivity contribution is 0.0599. The SMILES string of the molecule is COC(=O)c1cnc2c(N)cnn2c1.Cl. The molecule has 2 rings (SSSR count). The minimum atomic E-state index is -0.450. The molecule has 7 heteroatoms. The standard InChI is InChI=1S/C8H8N4O2.ClH/c1-14-8(13)5-2-10-7-6(9)3-11-12(7)4-5;/h2-4H,9H2,1H3;1H. The molecule has 0 aromatic carbocycles. The molecule has 0 bridgehead atoms. The molecule has 80 valence electrons. The zero-order chi connectivity index (χ0) is 10.1. The number of nitrogens with two attached hydrogens (primary N) is 1. The zero-order valence-corrected chi connectivity index (χ0v) is 8.69. The summed E-state index contributed by atoms with van der Waals surface area (Å²) in [6.45, 7) is 0. The second-order valence-corrected chi connectivity index (χ2v) is 2.70. The molecule has 0 spiro atoms. The van der Waals surface area contributed by atoms with Crippen LogP contribution in [0.4, 0.5) is 5.69 Å². The summed E-state index contributed by atoms with van der Waals surface area (Å²) in [5, 5.41) is 3.92. The quantitative estimate of drug-likeness (QED) is 0.720. The summed E-state index contributed by atoms with van der Waals surface area (Å²) in [5.74, 6) is -0.450. The summed E-state index contributed by atoms with van der Waals surface area (Å²) in [6.07, 6.45) is 4.40. The van der Waals surface area contributed by atoms with E-state index in [-0.39, 0.29) is 12.4 Å². The van der Waals surface area contributed by atoms with Gasteiger partial charge in [0.05, 0.1) is 24.6 Å². The number of fused-ring (bicyclic) bond motifs is 1. The average molecular weight is 229 g/mol. The van der Waals surface area contributed by atoms with Gasteiger partial charge in [-0.2, -0.15) is 5.10 Å². The molecule has 2 N–H and O–H groups in total. The van der Waals surface area contributed by atoms with Gasteiger partial charge in [0.15, 0.2) is 5.65 Å². The van der Waals surface area contributed by atoms with Gasteiger partial charge in [0.25, 0.3) is 0 Å². The van der Waals surface area contributed by atoms with Gasteiger partial charge >= 0.3 is 5.97 Å². The summed E-state index contributed by atoms with van der Waals surface area (Å²) in [7, 11) is 1.31. The van der Waals surface area contributed by atoms with Crippen molar-refractivity contribution in [1.29, 1.82) is 0 Å². The maximum absolute atomic E-state index is 11.1. The summed E-state index contributed by atoms with van der Waals surface area (Å²) in [4.78, 5) is 15.1. The largest absolute Gasteiger partial charge is 0.465 e. The number of anilines is 1. The molecule has 0 amide bonds. The highest BCUT2D eigenvalue weighted by molar-refractivity contribution is 5.89. The predicted octanol–water partition coefficient (Wildman–Crippen LogP) is 0.520. The molecular weight excluding hydrogens is 220 g/mol. The van der Waals surface area contributed by atoms with Gasteiger partial charge in [-0.3, -0.25) is 0 Å². The number of halogens is 1. The maximum Gasteiger partial charge on any atom is 0.341 e. The van der Waals surface area contributed by atoms with Gasteiger partial charge in [-0.25, -0.2) is 14.3 Å². The predicted molar refractivity (Wildman–Crippen MR) is 56.0 cm³/mol. The highest BCUT2D eigenvalue weighted by atomic mass is 35.5. The van der Waals surface area contributed by atoms with Crippen LogP contribution < -0.4 is 5.73 Å². The van der Waals surface area contributed by atoms with Crippen LogP contribution in [0.25, 0.3) is 5.65 Å². The molecule has 2 aromatic heterocycles. The second kappa shape index (κ2) is 4.14. The van der Waals surface area contributed by atoms with Crippen LogP contribution in [-0.4, -0.2) is 27.7 Å². The van der Waals surface area contributed by atoms with Gasteiger partial charge in [-0.1, -0.05) is 0 Å². The third-order valence-corrected chi connectivity index (χ3v) is 1.80. The van der Waals surface area contributed by atoms with Gasteiger partial charge < -0.3 is 10.5 Å². The van der Waals surface area contributed by atoms with Crippen molar-refractivity contribution in [2.75, 3.05) is 12.8 Å². The lowest BCUT2D eigenvalue weighted by Gasteiger charge is -1.98. The van der Waals surface area contributed by atoms with E-state index in [9.17, 15) is 4.79 Å². The van der Waals surface area contributed by atoms with Crippen molar-refractivity contribution in [1.82, 2.24) is 14.6 Å². The Bertz CT molecular complexity index is 496. The lowest BCUT2D eigenvalue weighted by atomic mass is 10.3. The summed E-state index contributed by atoms with van der Waals surface area (Å²) in [6, 6.07) is 0. The van der Waals surface area contributed by atoms with Crippen LogP contribution in [0.1, 0.15) is 10.4 Å². The zero-order valence-electron chi connectivity index (χ0n) is 7.88. The number of rotatable bonds is 1. The second-order valence-electron chi connectivity index (χ2n) is 2.70. The van der Waals surface area contributed by atoms with E-state index >= 15 is 0 Å². The highest BCUT2D eigenvalue weighted by Crippen LogP contribution is 2.10. The van der Waals surface area contributed by atoms with E-state index in [1.54, 1.807) is 0 Å². The van der Waals surface area contributed by atoms with Crippen LogP contribution in [0.2, 0.25) is 0 Å². The Morgan fingerprint density at radius 2 is 2.27 bits per heavy atom. The highest BCUT2D eigenvalue weighted by Gasteiger charge is 2.08. The van der Waals surface area contributed by atoms with E-state index in [4.69, 9.17) is 5.73 Å². The van der Waals surface area contributed by atoms with Crippen LogP contribution in [0, 0.1) is 0 Å². The van der Waals surface area contributed by atoms with Gasteiger partial charge in [0, 0.05) is 12.4 Å². The van der Waals surface area contributed by atoms with Crippen LogP contribution in [0.15, 0.2) is 18.6 Å². The molecule has 0 aliphatic rings. The minimum Gasteiger partial charge on any atom is -0.465 e. The topological polar surface area (TPSA) is 82.5 Å². The molecule has 2 aromatic rings. The fourth-order valence-corrected chi connectivity index (χ4v) is 1.12. The van der Waals surface area contributed by atoms with Gasteiger partial charge in [0.1, 0.15) is 0 Å². The first-order valence-electron chi connectivity index (χ1n) is 3.89. The number of hydrogen-bond acceptors (Lipinski definition) is 5. The van der Waals surface area contributed by atoms with E-state index in [1.807, 2.05) is 0 Å². The first-order valence-corrected chi connectivity index (χ1v) is 3.89. The molecule has 0 unspecified atom stereocenters. The van der Waals surface area contributed by atoms with Gasteiger partial charge in [-0.05, 0) is 0 Å². The smallest absolute Gasteiger partial charge is 0.341 e. The molecule has 0 aliphatic carbocycles. The van der Waals surface area contributed by atoms with Crippen molar-refractivity contribution in [2.45, 2.75) is 0 Å². The molecule has 0 saturated carbocycles. The van der Waals surface area contributed by atoms with E-state index in [1.165, 1.54) is 30.2 Å². The fourth-order valence-electron chi connectivity index (χ4n) is 1.12. The van der Waals surface area contributed by atoms with Crippen LogP contribution in [0.5, 0.6) is 0 Å². The third kappa shape index (κ3) is 1.84. The normalized spacial score (nSPS) is 9.67. The molecule has 0 radical (unpaired) electrons. The van der Waals surface area contributed by atoms with Crippen LogP contribution in [0.3, 0.4) is 0 Å². The van der Waals surface area contributed by atoms with Crippen LogP contribution in [-0.2, 0) is 4.74 Å². The molecule has 0 saturated heterocycles. The molecule has 0 aliphatic heterocycles. The molecule has 0 atom stereocenters. The number of ether oxygens (including phenoxy) is 1. The summed E-state index contributed by atoms with van der Waals surface area (Å²) in [5.41, 5.74) is 6.91. The Morgan fingerprint density at radius 3 is 2.93 bits per heavy atom. The summed E-state index contributed by atoms with van der Waals surface area (Å²) >= 11 is 0. The Hall–Kier alpha value is -1.82.